The Kier molecular flexibility index (Phi) is 4.32. The van der Waals surface area contributed by atoms with Gasteiger partial charge in [-0.05, 0) is 38.5 Å². The number of anilines is 2. The van der Waals surface area contributed by atoms with E-state index >= 15 is 0 Å². The van der Waals surface area contributed by atoms with E-state index in [1.54, 1.807) is 13.8 Å². The van der Waals surface area contributed by atoms with Crippen molar-refractivity contribution in [1.29, 1.82) is 0 Å². The SMILES string of the molecule is Cc1cccc(Nc2ncnc(OC(C)C)c2[N+](=O)[O-])c1. The average Bonchev–Trinajstić information content (AvgIpc) is 2.37. The highest BCUT2D eigenvalue weighted by Gasteiger charge is 2.25. The van der Waals surface area contributed by atoms with E-state index in [1.807, 2.05) is 31.2 Å². The molecule has 0 saturated heterocycles. The summed E-state index contributed by atoms with van der Waals surface area (Å²) >= 11 is 0. The third-order valence-corrected chi connectivity index (χ3v) is 2.60. The molecule has 0 aliphatic heterocycles. The Labute approximate surface area is 122 Å². The quantitative estimate of drug-likeness (QED) is 0.671. The molecule has 110 valence electrons. The molecule has 7 heteroatoms. The predicted molar refractivity (Wildman–Crippen MR) is 78.9 cm³/mol. The standard InChI is InChI=1S/C14H16N4O3/c1-9(2)21-14-12(18(19)20)13(15-8-16-14)17-11-6-4-5-10(3)7-11/h4-9H,1-3H3,(H,15,16,17). The lowest BCUT2D eigenvalue weighted by Gasteiger charge is -2.11. The van der Waals surface area contributed by atoms with Gasteiger partial charge < -0.3 is 10.1 Å². The van der Waals surface area contributed by atoms with Crippen LogP contribution in [0.3, 0.4) is 0 Å². The summed E-state index contributed by atoms with van der Waals surface area (Å²) in [5, 5.41) is 14.2. The monoisotopic (exact) mass is 288 g/mol. The Bertz CT molecular complexity index is 658. The highest BCUT2D eigenvalue weighted by molar-refractivity contribution is 5.68. The second-order valence-electron chi connectivity index (χ2n) is 4.79. The summed E-state index contributed by atoms with van der Waals surface area (Å²) in [6.45, 7) is 5.49. The molecular weight excluding hydrogens is 272 g/mol. The van der Waals surface area contributed by atoms with Gasteiger partial charge in [0.05, 0.1) is 11.0 Å². The van der Waals surface area contributed by atoms with Gasteiger partial charge in [-0.2, -0.15) is 4.98 Å². The lowest BCUT2D eigenvalue weighted by molar-refractivity contribution is -0.385. The topological polar surface area (TPSA) is 90.2 Å². The van der Waals surface area contributed by atoms with Crippen LogP contribution in [0.1, 0.15) is 19.4 Å². The Hall–Kier alpha value is -2.70. The van der Waals surface area contributed by atoms with Gasteiger partial charge in [0.15, 0.2) is 0 Å². The molecule has 0 fully saturated rings. The van der Waals surface area contributed by atoms with Crippen molar-refractivity contribution in [3.05, 3.63) is 46.3 Å². The van der Waals surface area contributed by atoms with E-state index in [9.17, 15) is 10.1 Å². The van der Waals surface area contributed by atoms with E-state index in [2.05, 4.69) is 15.3 Å². The normalized spacial score (nSPS) is 10.5. The van der Waals surface area contributed by atoms with E-state index in [-0.39, 0.29) is 23.5 Å². The van der Waals surface area contributed by atoms with Crippen LogP contribution >= 0.6 is 0 Å². The van der Waals surface area contributed by atoms with Crippen molar-refractivity contribution < 1.29 is 9.66 Å². The van der Waals surface area contributed by atoms with Crippen molar-refractivity contribution in [3.8, 4) is 5.88 Å². The maximum Gasteiger partial charge on any atom is 0.373 e. The van der Waals surface area contributed by atoms with Crippen LogP contribution in [-0.4, -0.2) is 21.0 Å². The molecule has 1 heterocycles. The predicted octanol–water partition coefficient (Wildman–Crippen LogP) is 3.22. The minimum atomic E-state index is -0.546. The third-order valence-electron chi connectivity index (χ3n) is 2.60. The van der Waals surface area contributed by atoms with Gasteiger partial charge in [0.2, 0.25) is 5.82 Å². The second-order valence-corrected chi connectivity index (χ2v) is 4.79. The molecule has 0 aliphatic rings. The number of aromatic nitrogens is 2. The maximum absolute atomic E-state index is 11.3. The molecular formula is C14H16N4O3. The van der Waals surface area contributed by atoms with Crippen LogP contribution in [0.2, 0.25) is 0 Å². The molecule has 21 heavy (non-hydrogen) atoms. The van der Waals surface area contributed by atoms with Gasteiger partial charge in [0.1, 0.15) is 6.33 Å². The zero-order valence-electron chi connectivity index (χ0n) is 12.0. The van der Waals surface area contributed by atoms with Crippen LogP contribution in [0.25, 0.3) is 0 Å². The lowest BCUT2D eigenvalue weighted by Crippen LogP contribution is -2.10. The highest BCUT2D eigenvalue weighted by Crippen LogP contribution is 2.33. The summed E-state index contributed by atoms with van der Waals surface area (Å²) in [4.78, 5) is 18.5. The van der Waals surface area contributed by atoms with Gasteiger partial charge in [0.25, 0.3) is 5.88 Å². The number of ether oxygens (including phenoxy) is 1. The summed E-state index contributed by atoms with van der Waals surface area (Å²) < 4.78 is 5.38. The van der Waals surface area contributed by atoms with E-state index in [0.29, 0.717) is 5.69 Å². The van der Waals surface area contributed by atoms with Crippen LogP contribution in [0.5, 0.6) is 5.88 Å². The molecule has 1 aromatic heterocycles. The van der Waals surface area contributed by atoms with E-state index in [4.69, 9.17) is 4.74 Å². The van der Waals surface area contributed by atoms with E-state index < -0.39 is 4.92 Å². The van der Waals surface area contributed by atoms with Crippen molar-refractivity contribution in [2.45, 2.75) is 26.9 Å². The van der Waals surface area contributed by atoms with Gasteiger partial charge in [-0.25, -0.2) is 4.98 Å². The fourth-order valence-electron chi connectivity index (χ4n) is 1.79. The van der Waals surface area contributed by atoms with Crippen molar-refractivity contribution in [1.82, 2.24) is 9.97 Å². The molecule has 0 radical (unpaired) electrons. The molecule has 1 N–H and O–H groups in total. The summed E-state index contributed by atoms with van der Waals surface area (Å²) in [7, 11) is 0. The Morgan fingerprint density at radius 1 is 1.33 bits per heavy atom. The van der Waals surface area contributed by atoms with Crippen molar-refractivity contribution in [2.75, 3.05) is 5.32 Å². The first kappa shape index (κ1) is 14.7. The molecule has 0 aliphatic carbocycles. The van der Waals surface area contributed by atoms with Gasteiger partial charge in [-0.3, -0.25) is 10.1 Å². The first-order chi connectivity index (χ1) is 9.97. The molecule has 0 saturated carbocycles. The first-order valence-electron chi connectivity index (χ1n) is 6.47. The molecule has 0 bridgehead atoms. The molecule has 0 spiro atoms. The summed E-state index contributed by atoms with van der Waals surface area (Å²) in [6, 6.07) is 7.47. The van der Waals surface area contributed by atoms with Crippen molar-refractivity contribution >= 4 is 17.2 Å². The number of benzene rings is 1. The second kappa shape index (κ2) is 6.17. The minimum absolute atomic E-state index is 0.0415. The molecule has 7 nitrogen and oxygen atoms in total. The number of hydrogen-bond acceptors (Lipinski definition) is 6. The zero-order valence-corrected chi connectivity index (χ0v) is 12.0. The maximum atomic E-state index is 11.3. The number of aryl methyl sites for hydroxylation is 1. The molecule has 2 rings (SSSR count). The minimum Gasteiger partial charge on any atom is -0.470 e. The molecule has 0 amide bonds. The molecule has 0 atom stereocenters. The van der Waals surface area contributed by atoms with E-state index in [0.717, 1.165) is 5.56 Å². The van der Waals surface area contributed by atoms with Crippen molar-refractivity contribution in [3.63, 3.8) is 0 Å². The number of nitrogens with zero attached hydrogens (tertiary/aromatic N) is 3. The van der Waals surface area contributed by atoms with Gasteiger partial charge in [-0.1, -0.05) is 12.1 Å². The number of nitro groups is 1. The summed E-state index contributed by atoms with van der Waals surface area (Å²) in [5.74, 6) is 0.0661. The smallest absolute Gasteiger partial charge is 0.373 e. The Morgan fingerprint density at radius 2 is 2.10 bits per heavy atom. The molecule has 2 aromatic rings. The Morgan fingerprint density at radius 3 is 2.71 bits per heavy atom. The molecule has 0 unspecified atom stereocenters. The number of nitrogens with one attached hydrogen (secondary N) is 1. The van der Waals surface area contributed by atoms with Gasteiger partial charge in [0, 0.05) is 5.69 Å². The van der Waals surface area contributed by atoms with Crippen LogP contribution in [-0.2, 0) is 0 Å². The van der Waals surface area contributed by atoms with Crippen LogP contribution in [0.4, 0.5) is 17.2 Å². The zero-order chi connectivity index (χ0) is 15.4. The van der Waals surface area contributed by atoms with Crippen molar-refractivity contribution in [2.24, 2.45) is 0 Å². The number of rotatable bonds is 5. The largest absolute Gasteiger partial charge is 0.470 e. The summed E-state index contributed by atoms with van der Waals surface area (Å²) in [5.41, 5.74) is 1.48. The van der Waals surface area contributed by atoms with Gasteiger partial charge >= 0.3 is 5.69 Å². The van der Waals surface area contributed by atoms with Crippen LogP contribution in [0, 0.1) is 17.0 Å². The highest BCUT2D eigenvalue weighted by atomic mass is 16.6. The van der Waals surface area contributed by atoms with Crippen LogP contribution in [0.15, 0.2) is 30.6 Å². The fraction of sp³-hybridized carbons (Fsp3) is 0.286. The summed E-state index contributed by atoms with van der Waals surface area (Å²) in [6.07, 6.45) is 1.02. The fourth-order valence-corrected chi connectivity index (χ4v) is 1.79. The first-order valence-corrected chi connectivity index (χ1v) is 6.47. The lowest BCUT2D eigenvalue weighted by atomic mass is 10.2. The van der Waals surface area contributed by atoms with E-state index in [1.165, 1.54) is 6.33 Å². The average molecular weight is 288 g/mol. The van der Waals surface area contributed by atoms with Crippen LogP contribution < -0.4 is 10.1 Å². The van der Waals surface area contributed by atoms with Gasteiger partial charge in [-0.15, -0.1) is 0 Å². The Balaban J connectivity index is 2.41. The molecule has 1 aromatic carbocycles. The third kappa shape index (κ3) is 3.65. The number of hydrogen-bond donors (Lipinski definition) is 1.